The van der Waals surface area contributed by atoms with E-state index in [9.17, 15) is 8.42 Å². The first-order valence-corrected chi connectivity index (χ1v) is 7.32. The van der Waals surface area contributed by atoms with Gasteiger partial charge in [-0.25, -0.2) is 8.42 Å². The Labute approximate surface area is 96.2 Å². The molecule has 15 heavy (non-hydrogen) atoms. The highest BCUT2D eigenvalue weighted by atomic mass is 35.5. The molecular weight excluding hydrogens is 232 g/mol. The third-order valence-corrected chi connectivity index (χ3v) is 3.73. The van der Waals surface area contributed by atoms with Crippen molar-refractivity contribution in [3.05, 3.63) is 35.4 Å². The molecule has 0 amide bonds. The van der Waals surface area contributed by atoms with Crippen LogP contribution in [0.3, 0.4) is 0 Å². The van der Waals surface area contributed by atoms with Crippen LogP contribution in [0.1, 0.15) is 23.4 Å². The van der Waals surface area contributed by atoms with Gasteiger partial charge in [-0.3, -0.25) is 0 Å². The molecule has 84 valence electrons. The summed E-state index contributed by atoms with van der Waals surface area (Å²) >= 11 is 6.01. The molecule has 0 fully saturated rings. The van der Waals surface area contributed by atoms with Crippen molar-refractivity contribution in [2.75, 3.05) is 12.0 Å². The zero-order valence-corrected chi connectivity index (χ0v) is 10.5. The molecule has 0 aliphatic carbocycles. The molecule has 1 unspecified atom stereocenters. The van der Waals surface area contributed by atoms with E-state index in [1.54, 1.807) is 0 Å². The number of sulfone groups is 1. The van der Waals surface area contributed by atoms with E-state index in [0.29, 0.717) is 0 Å². The van der Waals surface area contributed by atoms with Crippen LogP contribution in [-0.4, -0.2) is 20.4 Å². The van der Waals surface area contributed by atoms with Crippen molar-refractivity contribution < 1.29 is 8.42 Å². The van der Waals surface area contributed by atoms with E-state index in [1.807, 2.05) is 24.3 Å². The fraction of sp³-hybridized carbons (Fsp3) is 0.455. The summed E-state index contributed by atoms with van der Waals surface area (Å²) in [7, 11) is -3.02. The maximum atomic E-state index is 11.1. The fourth-order valence-electron chi connectivity index (χ4n) is 1.32. The van der Waals surface area contributed by atoms with E-state index in [1.165, 1.54) is 11.8 Å². The molecule has 0 bridgehead atoms. The summed E-state index contributed by atoms with van der Waals surface area (Å²) in [5, 5.41) is -0.453. The largest absolute Gasteiger partial charge is 0.229 e. The summed E-state index contributed by atoms with van der Waals surface area (Å²) in [5.41, 5.74) is 2.08. The van der Waals surface area contributed by atoms with Gasteiger partial charge >= 0.3 is 0 Å². The number of benzene rings is 1. The van der Waals surface area contributed by atoms with E-state index in [2.05, 4.69) is 6.92 Å². The first-order chi connectivity index (χ1) is 6.92. The quantitative estimate of drug-likeness (QED) is 0.766. The van der Waals surface area contributed by atoms with Crippen LogP contribution >= 0.6 is 11.6 Å². The highest BCUT2D eigenvalue weighted by Crippen LogP contribution is 2.22. The predicted octanol–water partition coefficient (Wildman–Crippen LogP) is 2.57. The fourth-order valence-corrected chi connectivity index (χ4v) is 2.88. The first kappa shape index (κ1) is 12.5. The standard InChI is InChI=1S/C11H15ClO2S/c1-3-9-4-6-10(7-5-9)11(12)8-15(2,13)14/h4-7,11H,3,8H2,1-2H3. The average molecular weight is 247 g/mol. The van der Waals surface area contributed by atoms with Crippen LogP contribution in [0.25, 0.3) is 0 Å². The number of hydrogen-bond donors (Lipinski definition) is 0. The molecule has 1 aromatic rings. The molecule has 0 aliphatic heterocycles. The van der Waals surface area contributed by atoms with E-state index in [4.69, 9.17) is 11.6 Å². The minimum Gasteiger partial charge on any atom is -0.229 e. The Hall–Kier alpha value is -0.540. The number of hydrogen-bond acceptors (Lipinski definition) is 2. The molecule has 0 aliphatic rings. The van der Waals surface area contributed by atoms with E-state index < -0.39 is 15.2 Å². The molecule has 0 saturated carbocycles. The molecule has 0 heterocycles. The third kappa shape index (κ3) is 4.22. The molecule has 0 aromatic heterocycles. The molecule has 1 rings (SSSR count). The molecular formula is C11H15ClO2S. The monoisotopic (exact) mass is 246 g/mol. The zero-order valence-electron chi connectivity index (χ0n) is 8.90. The molecule has 1 aromatic carbocycles. The molecule has 0 radical (unpaired) electrons. The Kier molecular flexibility index (Phi) is 4.17. The predicted molar refractivity (Wildman–Crippen MR) is 64.1 cm³/mol. The Morgan fingerprint density at radius 1 is 1.27 bits per heavy atom. The molecule has 0 N–H and O–H groups in total. The summed E-state index contributed by atoms with van der Waals surface area (Å²) in [4.78, 5) is 0. The number of rotatable bonds is 4. The molecule has 2 nitrogen and oxygen atoms in total. The summed E-state index contributed by atoms with van der Waals surface area (Å²) in [6.45, 7) is 2.07. The number of alkyl halides is 1. The van der Waals surface area contributed by atoms with Gasteiger partial charge in [0.05, 0.1) is 11.1 Å². The molecule has 4 heteroatoms. The maximum Gasteiger partial charge on any atom is 0.149 e. The summed E-state index contributed by atoms with van der Waals surface area (Å²) in [6.07, 6.45) is 2.17. The summed E-state index contributed by atoms with van der Waals surface area (Å²) in [6, 6.07) is 7.74. The van der Waals surface area contributed by atoms with Gasteiger partial charge in [-0.2, -0.15) is 0 Å². The van der Waals surface area contributed by atoms with Crippen molar-refractivity contribution in [2.24, 2.45) is 0 Å². The van der Waals surface area contributed by atoms with Crippen LogP contribution in [0.4, 0.5) is 0 Å². The van der Waals surface area contributed by atoms with Crippen molar-refractivity contribution in [2.45, 2.75) is 18.7 Å². The summed E-state index contributed by atoms with van der Waals surface area (Å²) < 4.78 is 22.1. The maximum absolute atomic E-state index is 11.1. The van der Waals surface area contributed by atoms with Crippen LogP contribution in [0.2, 0.25) is 0 Å². The van der Waals surface area contributed by atoms with Gasteiger partial charge in [-0.05, 0) is 17.5 Å². The van der Waals surface area contributed by atoms with Gasteiger partial charge in [0.25, 0.3) is 0 Å². The van der Waals surface area contributed by atoms with Gasteiger partial charge in [0, 0.05) is 6.26 Å². The lowest BCUT2D eigenvalue weighted by Gasteiger charge is -2.08. The normalized spacial score (nSPS) is 13.8. The topological polar surface area (TPSA) is 34.1 Å². The Morgan fingerprint density at radius 2 is 1.80 bits per heavy atom. The van der Waals surface area contributed by atoms with Crippen molar-refractivity contribution in [1.29, 1.82) is 0 Å². The Bertz CT molecular complexity index is 409. The smallest absolute Gasteiger partial charge is 0.149 e. The number of halogens is 1. The van der Waals surface area contributed by atoms with E-state index >= 15 is 0 Å². The van der Waals surface area contributed by atoms with Crippen molar-refractivity contribution in [3.8, 4) is 0 Å². The lowest BCUT2D eigenvalue weighted by atomic mass is 10.1. The van der Waals surface area contributed by atoms with Gasteiger partial charge in [-0.15, -0.1) is 11.6 Å². The van der Waals surface area contributed by atoms with Gasteiger partial charge in [0.2, 0.25) is 0 Å². The third-order valence-electron chi connectivity index (χ3n) is 2.20. The lowest BCUT2D eigenvalue weighted by molar-refractivity contribution is 0.600. The van der Waals surface area contributed by atoms with Crippen molar-refractivity contribution in [3.63, 3.8) is 0 Å². The van der Waals surface area contributed by atoms with Gasteiger partial charge in [0.15, 0.2) is 0 Å². The van der Waals surface area contributed by atoms with Gasteiger partial charge in [-0.1, -0.05) is 31.2 Å². The summed E-state index contributed by atoms with van der Waals surface area (Å²) in [5.74, 6) is -0.0139. The average Bonchev–Trinajstić information content (AvgIpc) is 2.15. The number of aryl methyl sites for hydroxylation is 1. The minimum absolute atomic E-state index is 0.0139. The van der Waals surface area contributed by atoms with E-state index in [0.717, 1.165) is 12.0 Å². The highest BCUT2D eigenvalue weighted by Gasteiger charge is 2.14. The van der Waals surface area contributed by atoms with Crippen LogP contribution in [0, 0.1) is 0 Å². The lowest BCUT2D eigenvalue weighted by Crippen LogP contribution is -2.08. The van der Waals surface area contributed by atoms with Crippen molar-refractivity contribution in [1.82, 2.24) is 0 Å². The second-order valence-corrected chi connectivity index (χ2v) is 6.37. The van der Waals surface area contributed by atoms with E-state index in [-0.39, 0.29) is 5.75 Å². The van der Waals surface area contributed by atoms with Crippen molar-refractivity contribution >= 4 is 21.4 Å². The Morgan fingerprint density at radius 3 is 2.20 bits per heavy atom. The van der Waals surface area contributed by atoms with Gasteiger partial charge in [0.1, 0.15) is 9.84 Å². The SMILES string of the molecule is CCc1ccc(C(Cl)CS(C)(=O)=O)cc1. The van der Waals surface area contributed by atoms with Gasteiger partial charge < -0.3 is 0 Å². The van der Waals surface area contributed by atoms with Crippen LogP contribution in [0.15, 0.2) is 24.3 Å². The second kappa shape index (κ2) is 4.99. The van der Waals surface area contributed by atoms with Crippen LogP contribution < -0.4 is 0 Å². The molecule has 1 atom stereocenters. The second-order valence-electron chi connectivity index (χ2n) is 3.66. The Balaban J connectivity index is 2.78. The first-order valence-electron chi connectivity index (χ1n) is 4.83. The highest BCUT2D eigenvalue weighted by molar-refractivity contribution is 7.90. The van der Waals surface area contributed by atoms with Crippen LogP contribution in [0.5, 0.6) is 0 Å². The van der Waals surface area contributed by atoms with Crippen LogP contribution in [-0.2, 0) is 16.3 Å². The minimum atomic E-state index is -3.02. The zero-order chi connectivity index (χ0) is 11.5. The molecule has 0 spiro atoms. The molecule has 0 saturated heterocycles.